The molecular weight excluding hydrogens is 873 g/mol. The number of nitrogens with two attached hydrogens (primary N) is 3. The second kappa shape index (κ2) is 29.1. The Morgan fingerprint density at radius 1 is 0.761 bits per heavy atom. The number of rotatable bonds is 31. The van der Waals surface area contributed by atoms with E-state index in [-0.39, 0.29) is 57.7 Å². The maximum absolute atomic E-state index is 14.2. The number of aliphatic hydroxyl groups is 2. The van der Waals surface area contributed by atoms with Crippen LogP contribution in [0.4, 0.5) is 0 Å². The molecule has 0 saturated heterocycles. The first kappa shape index (κ1) is 56.4. The number of nitrogens with zero attached hydrogens (tertiary/aromatic N) is 10. The molecule has 67 heavy (non-hydrogen) atoms. The average Bonchev–Trinajstić information content (AvgIpc) is 3.70. The molecule has 0 spiro atoms. The lowest BCUT2D eigenvalue weighted by Gasteiger charge is -2.33. The van der Waals surface area contributed by atoms with E-state index in [0.29, 0.717) is 24.0 Å². The van der Waals surface area contributed by atoms with E-state index in [4.69, 9.17) is 17.2 Å². The van der Waals surface area contributed by atoms with Crippen molar-refractivity contribution in [3.05, 3.63) is 67.0 Å². The summed E-state index contributed by atoms with van der Waals surface area (Å²) in [5.74, 6) is -5.02. The fourth-order valence-corrected chi connectivity index (χ4v) is 6.45. The van der Waals surface area contributed by atoms with Crippen molar-refractivity contribution in [3.8, 4) is 0 Å². The summed E-state index contributed by atoms with van der Waals surface area (Å²) in [5, 5.41) is 47.1. The van der Waals surface area contributed by atoms with Crippen LogP contribution in [0.15, 0.2) is 60.8 Å². The fourth-order valence-electron chi connectivity index (χ4n) is 6.45. The molecule has 25 heteroatoms. The minimum atomic E-state index is -1.61. The molecule has 0 fully saturated rings. The number of amides is 7. The molecule has 24 nitrogen and oxygen atoms in total. The van der Waals surface area contributed by atoms with Gasteiger partial charge in [-0.3, -0.25) is 38.6 Å². The maximum atomic E-state index is 14.2. The van der Waals surface area contributed by atoms with Gasteiger partial charge >= 0.3 is 7.12 Å². The quantitative estimate of drug-likeness (QED) is 0.0123. The van der Waals surface area contributed by atoms with Gasteiger partial charge in [-0.2, -0.15) is 0 Å². The van der Waals surface area contributed by atoms with E-state index in [0.717, 1.165) is 20.3 Å². The number of primary amides is 1. The molecule has 7 amide bonds. The Labute approximate surface area is 390 Å². The van der Waals surface area contributed by atoms with E-state index in [1.165, 1.54) is 38.5 Å². The van der Waals surface area contributed by atoms with Gasteiger partial charge in [0.15, 0.2) is 5.96 Å². The van der Waals surface area contributed by atoms with Gasteiger partial charge in [0.2, 0.25) is 41.4 Å². The number of hydrogen-bond acceptors (Lipinski definition) is 14. The molecule has 1 atom stereocenters. The number of aliphatic hydroxyl groups excluding tert-OH is 2. The summed E-state index contributed by atoms with van der Waals surface area (Å²) in [6.45, 7) is 7.83. The number of aromatic nitrogens is 3. The van der Waals surface area contributed by atoms with Gasteiger partial charge in [0.1, 0.15) is 18.8 Å². The largest absolute Gasteiger partial charge is 0.488 e. The van der Waals surface area contributed by atoms with Gasteiger partial charge in [0, 0.05) is 46.2 Å². The van der Waals surface area contributed by atoms with Crippen molar-refractivity contribution >= 4 is 59.9 Å². The number of hydrogen-bond donors (Lipinski definition) is 7. The number of carbonyl (C=O) groups excluding carboxylic acids is 7. The fraction of sp³-hybridized carbons (Fsp3) is 0.524. The van der Waals surface area contributed by atoms with Crippen LogP contribution in [0.25, 0.3) is 0 Å². The van der Waals surface area contributed by atoms with E-state index in [1.54, 1.807) is 44.3 Å². The van der Waals surface area contributed by atoms with Gasteiger partial charge < -0.3 is 66.9 Å². The highest BCUT2D eigenvalue weighted by molar-refractivity contribution is 6.58. The topological polar surface area (TPSA) is 341 Å². The van der Waals surface area contributed by atoms with Crippen LogP contribution in [0.3, 0.4) is 0 Å². The van der Waals surface area contributed by atoms with E-state index in [1.807, 2.05) is 0 Å². The predicted molar refractivity (Wildman–Crippen MR) is 247 cm³/mol. The monoisotopic (exact) mass is 940 g/mol. The Kier molecular flexibility index (Phi) is 24.5. The van der Waals surface area contributed by atoms with Crippen molar-refractivity contribution < 1.29 is 53.8 Å². The second-order valence-electron chi connectivity index (χ2n) is 16.1. The molecule has 2 rings (SSSR count). The standard InChI is InChI=1S/C42H66BN13O11/c1-6-15-50(23-36(44)60)37(61)24-51(16-7-2)39(63)27-55(22-35(59)29-57)41(65)28-54(18-30(3)4)40(64)25-52(17-9-8-14-47-42(45)46)38(62)26-53(31(5)58)20-34-21-56(49-48-34)19-32-10-12-33(13-11-32)43(66)67/h6-7,10-13,21,30,35,57,59,66-67H,1-2,8-9,14-20,22-29H2,3-5H3,(H2,44,60)(H4,45,46,47). The molecule has 0 saturated carbocycles. The number of carbonyl (C=O) groups is 7. The number of unbranched alkanes of at least 4 members (excludes halogenated alkanes) is 1. The minimum absolute atomic E-state index is 0.0281. The van der Waals surface area contributed by atoms with E-state index in [9.17, 15) is 53.8 Å². The normalized spacial score (nSPS) is 11.2. The molecule has 0 radical (unpaired) electrons. The summed E-state index contributed by atoms with van der Waals surface area (Å²) < 4.78 is 1.51. The van der Waals surface area contributed by atoms with Crippen LogP contribution in [0.1, 0.15) is 44.9 Å². The molecule has 1 unspecified atom stereocenters. The van der Waals surface area contributed by atoms with Crippen molar-refractivity contribution in [2.75, 3.05) is 85.1 Å². The lowest BCUT2D eigenvalue weighted by molar-refractivity contribution is -0.148. The SMILES string of the molecule is C=CCN(CC(N)=O)C(=O)CN(CC=C)C(=O)CN(CC(O)CO)C(=O)CN(CC(C)C)C(=O)CN(CCCCN=C(N)N)C(=O)CN(Cc1cn(Cc2ccc(B(O)O)cc2)nn1)C(C)=O. The lowest BCUT2D eigenvalue weighted by atomic mass is 9.80. The Hall–Kier alpha value is -6.70. The summed E-state index contributed by atoms with van der Waals surface area (Å²) in [5.41, 5.74) is 17.7. The smallest absolute Gasteiger partial charge is 0.423 e. The summed E-state index contributed by atoms with van der Waals surface area (Å²) in [6, 6.07) is 6.51. The Balaban J connectivity index is 2.34. The Bertz CT molecular complexity index is 2010. The maximum Gasteiger partial charge on any atom is 0.488 e. The van der Waals surface area contributed by atoms with Crippen molar-refractivity contribution in [1.29, 1.82) is 0 Å². The third-order valence-corrected chi connectivity index (χ3v) is 9.80. The van der Waals surface area contributed by atoms with Crippen LogP contribution in [0.2, 0.25) is 0 Å². The number of guanidine groups is 1. The van der Waals surface area contributed by atoms with Crippen LogP contribution < -0.4 is 22.7 Å². The minimum Gasteiger partial charge on any atom is -0.423 e. The van der Waals surface area contributed by atoms with Crippen molar-refractivity contribution in [2.45, 2.75) is 52.8 Å². The van der Waals surface area contributed by atoms with Crippen molar-refractivity contribution in [1.82, 2.24) is 44.4 Å². The first-order valence-electron chi connectivity index (χ1n) is 21.5. The molecule has 0 bridgehead atoms. The summed E-state index contributed by atoms with van der Waals surface area (Å²) >= 11 is 0. The van der Waals surface area contributed by atoms with Gasteiger partial charge in [-0.1, -0.05) is 55.5 Å². The van der Waals surface area contributed by atoms with Gasteiger partial charge in [-0.25, -0.2) is 4.68 Å². The molecule has 1 aromatic carbocycles. The number of aliphatic imine (C=N–C) groups is 1. The molecule has 368 valence electrons. The van der Waals surface area contributed by atoms with Crippen molar-refractivity contribution in [2.24, 2.45) is 28.1 Å². The van der Waals surface area contributed by atoms with E-state index < -0.39 is 107 Å². The zero-order chi connectivity index (χ0) is 50.2. The van der Waals surface area contributed by atoms with Crippen LogP contribution in [-0.2, 0) is 46.7 Å². The predicted octanol–water partition coefficient (Wildman–Crippen LogP) is -4.58. The highest BCUT2D eigenvalue weighted by atomic mass is 16.4. The molecule has 0 aliphatic heterocycles. The van der Waals surface area contributed by atoms with Crippen LogP contribution in [0, 0.1) is 5.92 Å². The zero-order valence-electron chi connectivity index (χ0n) is 38.6. The van der Waals surface area contributed by atoms with Crippen molar-refractivity contribution in [3.63, 3.8) is 0 Å². The highest BCUT2D eigenvalue weighted by Gasteiger charge is 2.30. The van der Waals surface area contributed by atoms with Gasteiger partial charge in [0.05, 0.1) is 58.2 Å². The third kappa shape index (κ3) is 21.0. The molecule has 2 aromatic rings. The van der Waals surface area contributed by atoms with E-state index in [2.05, 4.69) is 28.5 Å². The summed E-state index contributed by atoms with van der Waals surface area (Å²) in [7, 11) is -1.61. The highest BCUT2D eigenvalue weighted by Crippen LogP contribution is 2.10. The molecular formula is C42H66BN13O11. The van der Waals surface area contributed by atoms with Crippen LogP contribution >= 0.6 is 0 Å². The Morgan fingerprint density at radius 3 is 1.78 bits per heavy atom. The lowest BCUT2D eigenvalue weighted by Crippen LogP contribution is -2.53. The molecule has 0 aliphatic carbocycles. The molecule has 0 aliphatic rings. The van der Waals surface area contributed by atoms with Gasteiger partial charge in [0.25, 0.3) is 0 Å². The van der Waals surface area contributed by atoms with Gasteiger partial charge in [-0.15, -0.1) is 18.3 Å². The first-order chi connectivity index (χ1) is 31.7. The molecule has 1 aromatic heterocycles. The van der Waals surface area contributed by atoms with E-state index >= 15 is 0 Å². The Morgan fingerprint density at radius 2 is 1.27 bits per heavy atom. The van der Waals surface area contributed by atoms with Crippen LogP contribution in [0.5, 0.6) is 0 Å². The van der Waals surface area contributed by atoms with Crippen LogP contribution in [-0.4, -0.2) is 210 Å². The average molecular weight is 940 g/mol. The summed E-state index contributed by atoms with van der Waals surface area (Å²) in [6.07, 6.45) is 3.60. The third-order valence-electron chi connectivity index (χ3n) is 9.80. The van der Waals surface area contributed by atoms with Gasteiger partial charge in [-0.05, 0) is 29.8 Å². The summed E-state index contributed by atoms with van der Waals surface area (Å²) in [4.78, 5) is 104. The molecule has 10 N–H and O–H groups in total. The zero-order valence-corrected chi connectivity index (χ0v) is 38.6. The first-order valence-corrected chi connectivity index (χ1v) is 21.5. The number of benzene rings is 1. The second-order valence-corrected chi connectivity index (χ2v) is 16.1. The molecule has 1 heterocycles.